The standard InChI is InChI=1S/C36H46N4O8S2/c1-23(33(43)39-17-9-15-29(39)31(41)37-27(35(45)46)19-25-11-5-3-6-12-25)21-49-50-22-24(2)34(44)40-18-10-16-30(40)32(42)38-28(36(47)48)20-26-13-7-4-8-14-26/h3-8,11-14,23-24,27-30H,9-10,15-22H2,1-2H3,(H,37,41)(H,38,42)(H,45,46)(H,47,48)/t23?,24?,27-,28-,29-,30-/m0/s1. The first kappa shape index (κ1) is 38.8. The Balaban J connectivity index is 1.22. The van der Waals surface area contributed by atoms with Crippen molar-refractivity contribution in [2.24, 2.45) is 11.8 Å². The minimum absolute atomic E-state index is 0.138. The summed E-state index contributed by atoms with van der Waals surface area (Å²) in [5.74, 6) is -3.47. The zero-order valence-electron chi connectivity index (χ0n) is 28.4. The molecule has 2 aromatic rings. The van der Waals surface area contributed by atoms with E-state index in [4.69, 9.17) is 0 Å². The molecule has 270 valence electrons. The van der Waals surface area contributed by atoms with Gasteiger partial charge in [-0.2, -0.15) is 0 Å². The number of carboxylic acids is 2. The number of nitrogens with one attached hydrogen (secondary N) is 2. The number of likely N-dealkylation sites (tertiary alicyclic amines) is 2. The van der Waals surface area contributed by atoms with Crippen LogP contribution in [0, 0.1) is 11.8 Å². The van der Waals surface area contributed by atoms with Gasteiger partial charge in [0.25, 0.3) is 0 Å². The molecule has 0 spiro atoms. The normalized spacial score (nSPS) is 19.6. The molecule has 4 rings (SSSR count). The molecular weight excluding hydrogens is 681 g/mol. The summed E-state index contributed by atoms with van der Waals surface area (Å²) < 4.78 is 0. The first-order valence-electron chi connectivity index (χ1n) is 17.0. The predicted molar refractivity (Wildman–Crippen MR) is 192 cm³/mol. The third-order valence-electron chi connectivity index (χ3n) is 9.03. The molecule has 2 aliphatic rings. The van der Waals surface area contributed by atoms with Crippen LogP contribution in [0.5, 0.6) is 0 Å². The van der Waals surface area contributed by atoms with Crippen molar-refractivity contribution in [3.05, 3.63) is 71.8 Å². The lowest BCUT2D eigenvalue weighted by Crippen LogP contribution is -2.52. The van der Waals surface area contributed by atoms with Gasteiger partial charge in [-0.15, -0.1) is 0 Å². The van der Waals surface area contributed by atoms with Gasteiger partial charge in [-0.1, -0.05) is 96.1 Å². The Morgan fingerprint density at radius 1 is 0.660 bits per heavy atom. The molecule has 2 aromatic carbocycles. The maximum atomic E-state index is 13.4. The quantitative estimate of drug-likeness (QED) is 0.140. The zero-order valence-corrected chi connectivity index (χ0v) is 30.0. The Hall–Kier alpha value is -4.04. The molecule has 14 heteroatoms. The van der Waals surface area contributed by atoms with Crippen LogP contribution in [0.15, 0.2) is 60.7 Å². The molecular formula is C36H46N4O8S2. The molecule has 6 atom stereocenters. The van der Waals surface area contributed by atoms with Crippen molar-refractivity contribution >= 4 is 57.2 Å². The number of carbonyl (C=O) groups excluding carboxylic acids is 4. The number of carboxylic acid groups (broad SMARTS) is 2. The van der Waals surface area contributed by atoms with Gasteiger partial charge in [0.2, 0.25) is 23.6 Å². The SMILES string of the molecule is CC(CSSCC(C)C(=O)N1CCC[C@H]1C(=O)N[C@@H](Cc1ccccc1)C(=O)O)C(=O)N1CCC[C@H]1C(=O)N[C@@H](Cc1ccccc1)C(=O)O. The Morgan fingerprint density at radius 2 is 1.02 bits per heavy atom. The summed E-state index contributed by atoms with van der Waals surface area (Å²) in [4.78, 5) is 79.9. The number of hydrogen-bond donors (Lipinski definition) is 4. The van der Waals surface area contributed by atoms with Crippen LogP contribution < -0.4 is 10.6 Å². The number of benzene rings is 2. The van der Waals surface area contributed by atoms with Crippen molar-refractivity contribution in [3.8, 4) is 0 Å². The van der Waals surface area contributed by atoms with Gasteiger partial charge < -0.3 is 30.6 Å². The van der Waals surface area contributed by atoms with Gasteiger partial charge in [-0.05, 0) is 36.8 Å². The van der Waals surface area contributed by atoms with Crippen LogP contribution >= 0.6 is 21.6 Å². The molecule has 0 radical (unpaired) electrons. The van der Waals surface area contributed by atoms with Gasteiger partial charge in [-0.25, -0.2) is 9.59 Å². The fraction of sp³-hybridized carbons (Fsp3) is 0.500. The smallest absolute Gasteiger partial charge is 0.326 e. The van der Waals surface area contributed by atoms with E-state index in [1.54, 1.807) is 47.9 Å². The van der Waals surface area contributed by atoms with E-state index < -0.39 is 59.8 Å². The van der Waals surface area contributed by atoms with Gasteiger partial charge in [0.1, 0.15) is 24.2 Å². The van der Waals surface area contributed by atoms with Crippen molar-refractivity contribution in [3.63, 3.8) is 0 Å². The van der Waals surface area contributed by atoms with Crippen LogP contribution in [-0.2, 0) is 41.6 Å². The number of hydrogen-bond acceptors (Lipinski definition) is 8. The minimum Gasteiger partial charge on any atom is -0.480 e. The van der Waals surface area contributed by atoms with E-state index in [0.29, 0.717) is 50.3 Å². The second-order valence-electron chi connectivity index (χ2n) is 12.9. The second-order valence-corrected chi connectivity index (χ2v) is 15.5. The molecule has 2 fully saturated rings. The van der Waals surface area contributed by atoms with Crippen molar-refractivity contribution in [1.82, 2.24) is 20.4 Å². The monoisotopic (exact) mass is 726 g/mol. The maximum absolute atomic E-state index is 13.4. The minimum atomic E-state index is -1.14. The summed E-state index contributed by atoms with van der Waals surface area (Å²) in [6.07, 6.45) is 2.49. The van der Waals surface area contributed by atoms with Gasteiger partial charge >= 0.3 is 11.9 Å². The lowest BCUT2D eigenvalue weighted by atomic mass is 10.1. The van der Waals surface area contributed by atoms with E-state index in [2.05, 4.69) is 10.6 Å². The summed E-state index contributed by atoms with van der Waals surface area (Å²) >= 11 is 0. The fourth-order valence-corrected chi connectivity index (χ4v) is 8.94. The zero-order chi connectivity index (χ0) is 36.2. The predicted octanol–water partition coefficient (Wildman–Crippen LogP) is 3.25. The molecule has 0 bridgehead atoms. The average molecular weight is 727 g/mol. The third kappa shape index (κ3) is 10.7. The molecule has 2 aliphatic heterocycles. The highest BCUT2D eigenvalue weighted by Gasteiger charge is 2.39. The van der Waals surface area contributed by atoms with Crippen molar-refractivity contribution in [2.45, 2.75) is 76.5 Å². The highest BCUT2D eigenvalue weighted by Crippen LogP contribution is 2.30. The summed E-state index contributed by atoms with van der Waals surface area (Å²) in [5, 5.41) is 24.7. The Kier molecular flexibility index (Phi) is 14.6. The Labute approximate surface area is 300 Å². The molecule has 12 nitrogen and oxygen atoms in total. The van der Waals surface area contributed by atoms with E-state index in [1.807, 2.05) is 36.4 Å². The highest BCUT2D eigenvalue weighted by atomic mass is 33.1. The first-order chi connectivity index (χ1) is 24.0. The van der Waals surface area contributed by atoms with Gasteiger partial charge in [0.15, 0.2) is 0 Å². The summed E-state index contributed by atoms with van der Waals surface area (Å²) in [7, 11) is 2.91. The van der Waals surface area contributed by atoms with Crippen molar-refractivity contribution < 1.29 is 39.0 Å². The molecule has 4 N–H and O–H groups in total. The molecule has 50 heavy (non-hydrogen) atoms. The Morgan fingerprint density at radius 3 is 1.36 bits per heavy atom. The average Bonchev–Trinajstić information content (AvgIpc) is 3.80. The Bertz CT molecular complexity index is 1390. The van der Waals surface area contributed by atoms with Crippen molar-refractivity contribution in [1.29, 1.82) is 0 Å². The van der Waals surface area contributed by atoms with E-state index >= 15 is 0 Å². The van der Waals surface area contributed by atoms with Crippen LogP contribution in [0.3, 0.4) is 0 Å². The number of rotatable bonds is 17. The van der Waals surface area contributed by atoms with Crippen LogP contribution in [0.2, 0.25) is 0 Å². The molecule has 0 aliphatic carbocycles. The summed E-state index contributed by atoms with van der Waals surface area (Å²) in [5.41, 5.74) is 1.57. The third-order valence-corrected chi connectivity index (χ3v) is 11.8. The second kappa shape index (κ2) is 18.8. The number of nitrogens with zero attached hydrogens (tertiary/aromatic N) is 2. The number of amides is 4. The van der Waals surface area contributed by atoms with Gasteiger partial charge in [-0.3, -0.25) is 19.2 Å². The fourth-order valence-electron chi connectivity index (χ4n) is 6.25. The molecule has 0 aromatic heterocycles. The number of aliphatic carboxylic acids is 2. The maximum Gasteiger partial charge on any atom is 0.326 e. The summed E-state index contributed by atoms with van der Waals surface area (Å²) in [6, 6.07) is 14.4. The molecule has 4 amide bonds. The van der Waals surface area contributed by atoms with Crippen LogP contribution in [0.1, 0.15) is 50.7 Å². The van der Waals surface area contributed by atoms with E-state index in [0.717, 1.165) is 11.1 Å². The van der Waals surface area contributed by atoms with Crippen LogP contribution in [0.4, 0.5) is 0 Å². The largest absolute Gasteiger partial charge is 0.480 e. The van der Waals surface area contributed by atoms with Crippen molar-refractivity contribution in [2.75, 3.05) is 24.6 Å². The van der Waals surface area contributed by atoms with E-state index in [-0.39, 0.29) is 24.7 Å². The van der Waals surface area contributed by atoms with Gasteiger partial charge in [0, 0.05) is 49.3 Å². The first-order valence-corrected chi connectivity index (χ1v) is 19.4. The molecule has 0 saturated carbocycles. The topological polar surface area (TPSA) is 173 Å². The lowest BCUT2D eigenvalue weighted by molar-refractivity contribution is -0.145. The lowest BCUT2D eigenvalue weighted by Gasteiger charge is -2.28. The highest BCUT2D eigenvalue weighted by molar-refractivity contribution is 8.76. The van der Waals surface area contributed by atoms with Crippen LogP contribution in [-0.4, -0.2) is 104 Å². The van der Waals surface area contributed by atoms with Crippen LogP contribution in [0.25, 0.3) is 0 Å². The van der Waals surface area contributed by atoms with Gasteiger partial charge in [0.05, 0.1) is 0 Å². The van der Waals surface area contributed by atoms with E-state index in [9.17, 15) is 39.0 Å². The number of carbonyl (C=O) groups is 6. The molecule has 2 unspecified atom stereocenters. The molecule has 2 saturated heterocycles. The van der Waals surface area contributed by atoms with E-state index in [1.165, 1.54) is 21.6 Å². The molecule has 2 heterocycles. The summed E-state index contributed by atoms with van der Waals surface area (Å²) in [6.45, 7) is 4.43.